The van der Waals surface area contributed by atoms with Crippen molar-refractivity contribution in [2.24, 2.45) is 11.8 Å². The molecule has 7 heteroatoms. The molecule has 5 nitrogen and oxygen atoms in total. The fraction of sp³-hybridized carbons (Fsp3) is 0.407. The van der Waals surface area contributed by atoms with Gasteiger partial charge in [0.2, 0.25) is 5.91 Å². The van der Waals surface area contributed by atoms with Crippen molar-refractivity contribution < 1.29 is 23.1 Å². The molecule has 0 bridgehead atoms. The first-order chi connectivity index (χ1) is 16.1. The van der Waals surface area contributed by atoms with E-state index in [0.717, 1.165) is 30.9 Å². The topological polar surface area (TPSA) is 58.6 Å². The van der Waals surface area contributed by atoms with Crippen LogP contribution in [-0.4, -0.2) is 31.6 Å². The minimum absolute atomic E-state index is 0.111. The van der Waals surface area contributed by atoms with Crippen LogP contribution in [0, 0.1) is 23.5 Å². The third-order valence-corrected chi connectivity index (χ3v) is 4.87. The molecule has 184 valence electrons. The van der Waals surface area contributed by atoms with Gasteiger partial charge in [0.15, 0.2) is 0 Å². The molecule has 0 radical (unpaired) electrons. The van der Waals surface area contributed by atoms with Crippen LogP contribution in [0.2, 0.25) is 0 Å². The average Bonchev–Trinajstić information content (AvgIpc) is 2.73. The molecule has 1 amide bonds. The number of amides is 1. The molecule has 0 aliphatic heterocycles. The maximum atomic E-state index is 14.1. The van der Waals surface area contributed by atoms with Gasteiger partial charge >= 0.3 is 5.97 Å². The quantitative estimate of drug-likeness (QED) is 0.330. The van der Waals surface area contributed by atoms with Gasteiger partial charge in [0.1, 0.15) is 11.6 Å². The molecule has 1 N–H and O–H groups in total. The number of halogens is 2. The summed E-state index contributed by atoms with van der Waals surface area (Å²) in [6.45, 7) is 12.1. The van der Waals surface area contributed by atoms with Crippen LogP contribution in [0.25, 0.3) is 6.08 Å². The number of carbonyl (C=O) groups is 2. The Labute approximate surface area is 200 Å². The van der Waals surface area contributed by atoms with Gasteiger partial charge in [-0.05, 0) is 54.2 Å². The van der Waals surface area contributed by atoms with Crippen LogP contribution in [0.5, 0.6) is 0 Å². The van der Waals surface area contributed by atoms with Crippen molar-refractivity contribution in [2.45, 2.75) is 41.0 Å². The van der Waals surface area contributed by atoms with E-state index >= 15 is 0 Å². The van der Waals surface area contributed by atoms with Gasteiger partial charge in [-0.25, -0.2) is 13.6 Å². The minimum atomic E-state index is -0.761. The van der Waals surface area contributed by atoms with Crippen LogP contribution < -0.4 is 10.2 Å². The maximum absolute atomic E-state index is 14.1. The number of nitrogens with zero attached hydrogens (tertiary/aromatic N) is 1. The number of anilines is 2. The zero-order valence-corrected chi connectivity index (χ0v) is 20.5. The van der Waals surface area contributed by atoms with Gasteiger partial charge in [-0.15, -0.1) is 0 Å². The number of benzene rings is 2. The number of rotatable bonds is 11. The standard InChI is InChI=1S/C27H34F2N2O3/c1-6-34-27(33)12-8-20-7-11-25(31(16-18(2)3)17-19(4)5)24(13-20)30-26(32)14-21-9-10-22(28)15-23(21)29/h7-13,15,18-19H,6,14,16-17H2,1-5H3,(H,30,32)/b12-8+. The molecule has 2 rings (SSSR count). The molecular formula is C27H34F2N2O3. The lowest BCUT2D eigenvalue weighted by molar-refractivity contribution is -0.137. The van der Waals surface area contributed by atoms with Crippen LogP contribution >= 0.6 is 0 Å². The van der Waals surface area contributed by atoms with Crippen molar-refractivity contribution in [2.75, 3.05) is 29.9 Å². The van der Waals surface area contributed by atoms with Gasteiger partial charge in [0.25, 0.3) is 0 Å². The fourth-order valence-corrected chi connectivity index (χ4v) is 3.57. The van der Waals surface area contributed by atoms with E-state index in [9.17, 15) is 18.4 Å². The summed E-state index contributed by atoms with van der Waals surface area (Å²) in [6.07, 6.45) is 2.72. The molecule has 0 aliphatic carbocycles. The molecule has 2 aromatic carbocycles. The zero-order chi connectivity index (χ0) is 25.3. The number of carbonyl (C=O) groups excluding carboxylic acids is 2. The van der Waals surface area contributed by atoms with Crippen LogP contribution in [-0.2, 0) is 20.7 Å². The van der Waals surface area contributed by atoms with E-state index in [4.69, 9.17) is 4.74 Å². The first-order valence-electron chi connectivity index (χ1n) is 11.6. The Morgan fingerprint density at radius 1 is 1.03 bits per heavy atom. The number of hydrogen-bond acceptors (Lipinski definition) is 4. The minimum Gasteiger partial charge on any atom is -0.463 e. The number of ether oxygens (including phenoxy) is 1. The number of esters is 1. The molecule has 0 fully saturated rings. The summed E-state index contributed by atoms with van der Waals surface area (Å²) in [6, 6.07) is 8.72. The van der Waals surface area contributed by atoms with Gasteiger partial charge in [-0.2, -0.15) is 0 Å². The molecule has 0 saturated heterocycles. The van der Waals surface area contributed by atoms with Gasteiger partial charge in [0, 0.05) is 25.2 Å². The summed E-state index contributed by atoms with van der Waals surface area (Å²) in [7, 11) is 0. The van der Waals surface area contributed by atoms with E-state index in [1.54, 1.807) is 19.1 Å². The Morgan fingerprint density at radius 3 is 2.29 bits per heavy atom. The van der Waals surface area contributed by atoms with Gasteiger partial charge in [0.05, 0.1) is 24.4 Å². The van der Waals surface area contributed by atoms with E-state index in [0.29, 0.717) is 23.1 Å². The summed E-state index contributed by atoms with van der Waals surface area (Å²) in [4.78, 5) is 26.7. The summed E-state index contributed by atoms with van der Waals surface area (Å²) < 4.78 is 32.2. The SMILES string of the molecule is CCOC(=O)/C=C/c1ccc(N(CC(C)C)CC(C)C)c(NC(=O)Cc2ccc(F)cc2F)c1. The average molecular weight is 473 g/mol. The van der Waals surface area contributed by atoms with Crippen molar-refractivity contribution in [3.05, 3.63) is 65.2 Å². The summed E-state index contributed by atoms with van der Waals surface area (Å²) >= 11 is 0. The van der Waals surface area contributed by atoms with Crippen molar-refractivity contribution in [3.63, 3.8) is 0 Å². The second-order valence-corrected chi connectivity index (χ2v) is 9.02. The molecular weight excluding hydrogens is 438 g/mol. The molecule has 0 saturated carbocycles. The van der Waals surface area contributed by atoms with Crippen molar-refractivity contribution in [3.8, 4) is 0 Å². The lowest BCUT2D eigenvalue weighted by Gasteiger charge is -2.30. The third kappa shape index (κ3) is 8.61. The first kappa shape index (κ1) is 27.0. The molecule has 0 spiro atoms. The highest BCUT2D eigenvalue weighted by molar-refractivity contribution is 5.96. The monoisotopic (exact) mass is 472 g/mol. The summed E-state index contributed by atoms with van der Waals surface area (Å²) in [5.74, 6) is -1.55. The molecule has 0 heterocycles. The fourth-order valence-electron chi connectivity index (χ4n) is 3.57. The highest BCUT2D eigenvalue weighted by atomic mass is 19.1. The lowest BCUT2D eigenvalue weighted by atomic mass is 10.1. The van der Waals surface area contributed by atoms with Gasteiger partial charge < -0.3 is 15.0 Å². The van der Waals surface area contributed by atoms with Crippen LogP contribution in [0.4, 0.5) is 20.2 Å². The molecule has 0 aromatic heterocycles. The van der Waals surface area contributed by atoms with Gasteiger partial charge in [-0.3, -0.25) is 4.79 Å². The second kappa shape index (κ2) is 12.9. The molecule has 0 atom stereocenters. The molecule has 0 unspecified atom stereocenters. The predicted octanol–water partition coefficient (Wildman–Crippen LogP) is 5.84. The van der Waals surface area contributed by atoms with Crippen molar-refractivity contribution >= 4 is 29.3 Å². The predicted molar refractivity (Wildman–Crippen MR) is 133 cm³/mol. The van der Waals surface area contributed by atoms with Gasteiger partial charge in [-0.1, -0.05) is 39.8 Å². The van der Waals surface area contributed by atoms with E-state index in [1.807, 2.05) is 12.1 Å². The normalized spacial score (nSPS) is 11.3. The van der Waals surface area contributed by atoms with Crippen LogP contribution in [0.15, 0.2) is 42.5 Å². The van der Waals surface area contributed by atoms with Crippen LogP contribution in [0.1, 0.15) is 45.7 Å². The van der Waals surface area contributed by atoms with E-state index < -0.39 is 23.5 Å². The zero-order valence-electron chi connectivity index (χ0n) is 20.5. The molecule has 34 heavy (non-hydrogen) atoms. The molecule has 2 aromatic rings. The number of hydrogen-bond donors (Lipinski definition) is 1. The highest BCUT2D eigenvalue weighted by Gasteiger charge is 2.17. The van der Waals surface area contributed by atoms with Crippen molar-refractivity contribution in [1.29, 1.82) is 0 Å². The lowest BCUT2D eigenvalue weighted by Crippen LogP contribution is -2.32. The smallest absolute Gasteiger partial charge is 0.330 e. The van der Waals surface area contributed by atoms with E-state index in [1.165, 1.54) is 12.1 Å². The molecule has 0 aliphatic rings. The van der Waals surface area contributed by atoms with E-state index in [2.05, 4.69) is 37.9 Å². The third-order valence-electron chi connectivity index (χ3n) is 4.87. The largest absolute Gasteiger partial charge is 0.463 e. The maximum Gasteiger partial charge on any atom is 0.330 e. The Morgan fingerprint density at radius 2 is 1.71 bits per heavy atom. The Balaban J connectivity index is 2.38. The Kier molecular flexibility index (Phi) is 10.2. The van der Waals surface area contributed by atoms with Crippen LogP contribution in [0.3, 0.4) is 0 Å². The number of nitrogens with one attached hydrogen (secondary N) is 1. The first-order valence-corrected chi connectivity index (χ1v) is 11.6. The Hall–Kier alpha value is -3.22. The summed E-state index contributed by atoms with van der Waals surface area (Å²) in [5.41, 5.74) is 2.21. The van der Waals surface area contributed by atoms with Crippen molar-refractivity contribution in [1.82, 2.24) is 0 Å². The summed E-state index contributed by atoms with van der Waals surface area (Å²) in [5, 5.41) is 2.89. The highest BCUT2D eigenvalue weighted by Crippen LogP contribution is 2.30. The second-order valence-electron chi connectivity index (χ2n) is 9.02. The Bertz CT molecular complexity index is 1010. The van der Waals surface area contributed by atoms with E-state index in [-0.39, 0.29) is 18.6 Å².